The molecule has 0 aliphatic heterocycles. The molecule has 0 radical (unpaired) electrons. The van der Waals surface area contributed by atoms with E-state index in [-0.39, 0.29) is 18.5 Å². The van der Waals surface area contributed by atoms with Crippen LogP contribution < -0.4 is 5.32 Å². The maximum absolute atomic E-state index is 12.4. The highest BCUT2D eigenvalue weighted by Crippen LogP contribution is 2.17. The molecule has 0 aromatic rings. The first-order chi connectivity index (χ1) is 34.0. The molecule has 2 atom stereocenters. The second kappa shape index (κ2) is 58.6. The van der Waals surface area contributed by atoms with Gasteiger partial charge in [0.05, 0.1) is 25.4 Å². The third-order valence-corrected chi connectivity index (χ3v) is 14.2. The normalized spacial score (nSPS) is 12.8. The number of hydrogen-bond acceptors (Lipinski definition) is 5. The average molecular weight is 971 g/mol. The lowest BCUT2D eigenvalue weighted by Gasteiger charge is -2.20. The second-order valence-electron chi connectivity index (χ2n) is 21.0. The lowest BCUT2D eigenvalue weighted by Crippen LogP contribution is -2.45. The van der Waals surface area contributed by atoms with Crippen LogP contribution in [0.1, 0.15) is 328 Å². The van der Waals surface area contributed by atoms with Crippen molar-refractivity contribution in [1.82, 2.24) is 5.32 Å². The Hall–Kier alpha value is -1.92. The Morgan fingerprint density at radius 2 is 0.725 bits per heavy atom. The van der Waals surface area contributed by atoms with Crippen LogP contribution in [0.2, 0.25) is 0 Å². The molecule has 0 rings (SSSR count). The molecule has 0 bridgehead atoms. The average Bonchev–Trinajstić information content (AvgIpc) is 3.35. The zero-order valence-corrected chi connectivity index (χ0v) is 46.3. The number of esters is 1. The van der Waals surface area contributed by atoms with Crippen molar-refractivity contribution in [3.05, 3.63) is 36.5 Å². The van der Waals surface area contributed by atoms with Gasteiger partial charge in [0.15, 0.2) is 0 Å². The van der Waals surface area contributed by atoms with Gasteiger partial charge in [-0.25, -0.2) is 0 Å². The number of hydrogen-bond donors (Lipinski definition) is 3. The number of carbonyl (C=O) groups excluding carboxylic acids is 2. The molecule has 69 heavy (non-hydrogen) atoms. The number of carbonyl (C=O) groups is 2. The summed E-state index contributed by atoms with van der Waals surface area (Å²) in [4.78, 5) is 24.5. The van der Waals surface area contributed by atoms with Crippen molar-refractivity contribution in [3.63, 3.8) is 0 Å². The van der Waals surface area contributed by atoms with E-state index >= 15 is 0 Å². The lowest BCUT2D eigenvalue weighted by molar-refractivity contribution is -0.143. The zero-order chi connectivity index (χ0) is 50.0. The molecule has 0 aromatic carbocycles. The van der Waals surface area contributed by atoms with Crippen molar-refractivity contribution in [2.24, 2.45) is 0 Å². The maximum Gasteiger partial charge on any atom is 0.305 e. The van der Waals surface area contributed by atoms with E-state index in [1.54, 1.807) is 6.08 Å². The molecule has 0 saturated heterocycles. The van der Waals surface area contributed by atoms with Crippen LogP contribution in [0.3, 0.4) is 0 Å². The van der Waals surface area contributed by atoms with Crippen molar-refractivity contribution in [2.75, 3.05) is 13.2 Å². The number of rotatable bonds is 57. The van der Waals surface area contributed by atoms with E-state index in [0.29, 0.717) is 19.4 Å². The van der Waals surface area contributed by atoms with Gasteiger partial charge in [0, 0.05) is 12.8 Å². The number of aliphatic hydroxyl groups is 2. The van der Waals surface area contributed by atoms with Crippen LogP contribution in [-0.2, 0) is 14.3 Å². The summed E-state index contributed by atoms with van der Waals surface area (Å²) in [5.41, 5.74) is 0. The van der Waals surface area contributed by atoms with E-state index in [0.717, 1.165) is 51.4 Å². The summed E-state index contributed by atoms with van der Waals surface area (Å²) in [6.45, 7) is 4.88. The van der Waals surface area contributed by atoms with Crippen molar-refractivity contribution >= 4 is 11.9 Å². The van der Waals surface area contributed by atoms with Gasteiger partial charge in [-0.05, 0) is 64.2 Å². The molecule has 0 spiro atoms. The third kappa shape index (κ3) is 55.2. The molecule has 0 aliphatic carbocycles. The summed E-state index contributed by atoms with van der Waals surface area (Å²) in [6.07, 6.45) is 73.2. The molecule has 0 aliphatic rings. The largest absolute Gasteiger partial charge is 0.466 e. The molecule has 406 valence electrons. The fourth-order valence-electron chi connectivity index (χ4n) is 9.43. The molecular formula is C63H119NO5. The number of aliphatic hydroxyl groups excluding tert-OH is 2. The monoisotopic (exact) mass is 970 g/mol. The summed E-state index contributed by atoms with van der Waals surface area (Å²) in [7, 11) is 0. The summed E-state index contributed by atoms with van der Waals surface area (Å²) in [5.74, 6) is -0.0616. The molecule has 0 aromatic heterocycles. The molecule has 2 unspecified atom stereocenters. The smallest absolute Gasteiger partial charge is 0.305 e. The molecule has 0 fully saturated rings. The van der Waals surface area contributed by atoms with E-state index in [1.165, 1.54) is 250 Å². The van der Waals surface area contributed by atoms with Crippen molar-refractivity contribution < 1.29 is 24.5 Å². The SMILES string of the molecule is CCCCC/C=C\C/C=C\CCCCCCCCCCCC(=O)OCCCCCCCCCCCCCCCCCCCCCCCC(=O)NC(CO)C(O)/C=C/CCCCCCCCCCCC. The van der Waals surface area contributed by atoms with Gasteiger partial charge < -0.3 is 20.3 Å². The van der Waals surface area contributed by atoms with E-state index in [9.17, 15) is 19.8 Å². The summed E-state index contributed by atoms with van der Waals surface area (Å²) in [5, 5.41) is 23.1. The van der Waals surface area contributed by atoms with Crippen LogP contribution in [0.15, 0.2) is 36.5 Å². The van der Waals surface area contributed by atoms with E-state index < -0.39 is 12.1 Å². The van der Waals surface area contributed by atoms with Crippen LogP contribution in [-0.4, -0.2) is 47.4 Å². The van der Waals surface area contributed by atoms with E-state index in [2.05, 4.69) is 43.5 Å². The number of nitrogens with one attached hydrogen (secondary N) is 1. The van der Waals surface area contributed by atoms with Crippen LogP contribution in [0.5, 0.6) is 0 Å². The molecule has 0 saturated carbocycles. The topological polar surface area (TPSA) is 95.9 Å². The van der Waals surface area contributed by atoms with Gasteiger partial charge in [-0.2, -0.15) is 0 Å². The predicted octanol–water partition coefficient (Wildman–Crippen LogP) is 19.2. The van der Waals surface area contributed by atoms with Crippen LogP contribution >= 0.6 is 0 Å². The fraction of sp³-hybridized carbons (Fsp3) is 0.873. The Labute approximate surface area is 430 Å². The summed E-state index contributed by atoms with van der Waals surface area (Å²) in [6, 6.07) is -0.628. The van der Waals surface area contributed by atoms with Gasteiger partial charge in [0.25, 0.3) is 0 Å². The van der Waals surface area contributed by atoms with Gasteiger partial charge in [0.1, 0.15) is 0 Å². The minimum Gasteiger partial charge on any atom is -0.466 e. The second-order valence-corrected chi connectivity index (χ2v) is 21.0. The van der Waals surface area contributed by atoms with Gasteiger partial charge >= 0.3 is 5.97 Å². The summed E-state index contributed by atoms with van der Waals surface area (Å²) < 4.78 is 5.50. The Morgan fingerprint density at radius 3 is 1.13 bits per heavy atom. The van der Waals surface area contributed by atoms with Gasteiger partial charge in [0.2, 0.25) is 5.91 Å². The van der Waals surface area contributed by atoms with E-state index in [1.807, 2.05) is 6.08 Å². The molecule has 6 nitrogen and oxygen atoms in total. The van der Waals surface area contributed by atoms with Crippen LogP contribution in [0.4, 0.5) is 0 Å². The predicted molar refractivity (Wildman–Crippen MR) is 301 cm³/mol. The number of amides is 1. The van der Waals surface area contributed by atoms with Gasteiger partial charge in [-0.1, -0.05) is 288 Å². The minimum absolute atomic E-state index is 0.00755. The van der Waals surface area contributed by atoms with Crippen molar-refractivity contribution in [3.8, 4) is 0 Å². The quantitative estimate of drug-likeness (QED) is 0.0321. The number of ether oxygens (including phenoxy) is 1. The first-order valence-corrected chi connectivity index (χ1v) is 30.8. The molecular weight excluding hydrogens is 851 g/mol. The first-order valence-electron chi connectivity index (χ1n) is 30.8. The van der Waals surface area contributed by atoms with Crippen LogP contribution in [0, 0.1) is 0 Å². The fourth-order valence-corrected chi connectivity index (χ4v) is 9.43. The maximum atomic E-state index is 12.4. The van der Waals surface area contributed by atoms with E-state index in [4.69, 9.17) is 4.74 Å². The molecule has 3 N–H and O–H groups in total. The molecule has 0 heterocycles. The standard InChI is InChI=1S/C63H119NO5/c1-3-5-7-9-11-13-15-17-18-19-23-27-30-33-37-41-45-49-53-57-63(68)69-58-54-50-46-42-38-34-31-28-25-22-20-21-24-26-29-32-36-40-44-48-52-56-62(67)64-60(59-65)61(66)55-51-47-43-39-35-16-14-12-10-8-6-4-2/h11,13,17-18,51,55,60-61,65-66H,3-10,12,14-16,19-50,52-54,56-59H2,1-2H3,(H,64,67)/b13-11-,18-17-,55-51+. The first kappa shape index (κ1) is 67.1. The van der Waals surface area contributed by atoms with Crippen molar-refractivity contribution in [1.29, 1.82) is 0 Å². The highest BCUT2D eigenvalue weighted by atomic mass is 16.5. The van der Waals surface area contributed by atoms with Gasteiger partial charge in [-0.3, -0.25) is 9.59 Å². The Bertz CT molecular complexity index is 1120. The molecule has 6 heteroatoms. The van der Waals surface area contributed by atoms with Crippen LogP contribution in [0.25, 0.3) is 0 Å². The highest BCUT2D eigenvalue weighted by molar-refractivity contribution is 5.76. The Morgan fingerprint density at radius 1 is 0.406 bits per heavy atom. The minimum atomic E-state index is -0.844. The lowest BCUT2D eigenvalue weighted by atomic mass is 10.0. The van der Waals surface area contributed by atoms with Crippen molar-refractivity contribution in [2.45, 2.75) is 341 Å². The number of allylic oxidation sites excluding steroid dienone is 5. The van der Waals surface area contributed by atoms with Gasteiger partial charge in [-0.15, -0.1) is 0 Å². The number of unbranched alkanes of at least 4 members (excludes halogenated alkanes) is 42. The zero-order valence-electron chi connectivity index (χ0n) is 46.3. The highest BCUT2D eigenvalue weighted by Gasteiger charge is 2.18. The molecule has 1 amide bonds. The Balaban J connectivity index is 3.38. The summed E-state index contributed by atoms with van der Waals surface area (Å²) >= 11 is 0. The Kier molecular flexibility index (Phi) is 57.0. The third-order valence-electron chi connectivity index (χ3n) is 14.2.